The number of amides is 1. The van der Waals surface area contributed by atoms with Gasteiger partial charge in [-0.15, -0.1) is 0 Å². The van der Waals surface area contributed by atoms with Gasteiger partial charge < -0.3 is 15.2 Å². The topological polar surface area (TPSA) is 75.6 Å². The van der Waals surface area contributed by atoms with E-state index < -0.39 is 24.2 Å². The molecule has 5 nitrogen and oxygen atoms in total. The molecular weight excluding hydrogens is 289 g/mol. The van der Waals surface area contributed by atoms with E-state index in [9.17, 15) is 14.0 Å². The van der Waals surface area contributed by atoms with E-state index >= 15 is 0 Å². The van der Waals surface area contributed by atoms with Gasteiger partial charge in [0.25, 0.3) is 0 Å². The molecule has 0 saturated heterocycles. The van der Waals surface area contributed by atoms with E-state index in [1.807, 2.05) is 20.8 Å². The highest BCUT2D eigenvalue weighted by molar-refractivity contribution is 5.76. The van der Waals surface area contributed by atoms with Gasteiger partial charge in [-0.3, -0.25) is 4.79 Å². The summed E-state index contributed by atoms with van der Waals surface area (Å²) >= 11 is 0. The van der Waals surface area contributed by atoms with Crippen molar-refractivity contribution < 1.29 is 23.8 Å². The van der Waals surface area contributed by atoms with Gasteiger partial charge in [0.2, 0.25) is 0 Å². The summed E-state index contributed by atoms with van der Waals surface area (Å²) in [5.74, 6) is -1.27. The van der Waals surface area contributed by atoms with Crippen LogP contribution >= 0.6 is 0 Å². The quantitative estimate of drug-likeness (QED) is 0.871. The molecule has 0 aliphatic rings. The molecule has 0 spiro atoms. The summed E-state index contributed by atoms with van der Waals surface area (Å²) in [7, 11) is 0. The Morgan fingerprint density at radius 2 is 1.64 bits per heavy atom. The van der Waals surface area contributed by atoms with Crippen molar-refractivity contribution in [2.75, 3.05) is 6.54 Å². The van der Waals surface area contributed by atoms with Crippen LogP contribution in [0.5, 0.6) is 0 Å². The Balaban J connectivity index is 0. The lowest BCUT2D eigenvalue weighted by Gasteiger charge is -2.19. The molecule has 0 atom stereocenters. The summed E-state index contributed by atoms with van der Waals surface area (Å²) in [5.41, 5.74) is 0.495. The van der Waals surface area contributed by atoms with E-state index in [2.05, 4.69) is 5.32 Å². The first-order valence-electron chi connectivity index (χ1n) is 7.01. The molecule has 0 radical (unpaired) electrons. The van der Waals surface area contributed by atoms with Crippen molar-refractivity contribution in [1.29, 1.82) is 0 Å². The Hall–Kier alpha value is -2.11. The fraction of sp³-hybridized carbons (Fsp3) is 0.500. The standard InChI is InChI=1S/C7H7F.C7H13NO4.C2H6/c1-6-2-4-7(8)5-3-6;1-7(2,3)12-6(11)8-4-5(9)10;1-2/h2-5H,1H3;4H2,1-3H3,(H,8,11)(H,9,10);1-2H3. The van der Waals surface area contributed by atoms with Crippen LogP contribution in [-0.4, -0.2) is 29.3 Å². The monoisotopic (exact) mass is 315 g/mol. The molecule has 0 aliphatic heterocycles. The first-order valence-corrected chi connectivity index (χ1v) is 7.01. The largest absolute Gasteiger partial charge is 0.480 e. The van der Waals surface area contributed by atoms with Gasteiger partial charge in [0.05, 0.1) is 0 Å². The molecule has 0 saturated carbocycles. The van der Waals surface area contributed by atoms with Gasteiger partial charge in [-0.05, 0) is 39.8 Å². The Bertz CT molecular complexity index is 417. The number of hydrogen-bond acceptors (Lipinski definition) is 3. The lowest BCUT2D eigenvalue weighted by molar-refractivity contribution is -0.136. The zero-order chi connectivity index (χ0) is 17.8. The molecule has 1 aromatic rings. The van der Waals surface area contributed by atoms with Gasteiger partial charge in [0.15, 0.2) is 0 Å². The minimum absolute atomic E-state index is 0.171. The summed E-state index contributed by atoms with van der Waals surface area (Å²) in [4.78, 5) is 20.8. The molecular formula is C16H26FNO4. The van der Waals surface area contributed by atoms with Crippen molar-refractivity contribution in [3.63, 3.8) is 0 Å². The van der Waals surface area contributed by atoms with E-state index in [4.69, 9.17) is 9.84 Å². The van der Waals surface area contributed by atoms with Crippen LogP contribution in [-0.2, 0) is 9.53 Å². The maximum atomic E-state index is 12.1. The third kappa shape index (κ3) is 15.9. The number of ether oxygens (including phenoxy) is 1. The maximum Gasteiger partial charge on any atom is 0.408 e. The fourth-order valence-corrected chi connectivity index (χ4v) is 0.995. The van der Waals surface area contributed by atoms with Crippen LogP contribution in [0.3, 0.4) is 0 Å². The summed E-state index contributed by atoms with van der Waals surface area (Å²) < 4.78 is 16.9. The zero-order valence-corrected chi connectivity index (χ0v) is 14.1. The molecule has 0 aliphatic carbocycles. The van der Waals surface area contributed by atoms with Crippen LogP contribution in [0.25, 0.3) is 0 Å². The molecule has 0 bridgehead atoms. The Kier molecular flexibility index (Phi) is 11.6. The predicted molar refractivity (Wildman–Crippen MR) is 84.4 cm³/mol. The van der Waals surface area contributed by atoms with Crippen molar-refractivity contribution in [1.82, 2.24) is 5.32 Å². The second-order valence-corrected chi connectivity index (χ2v) is 5.04. The first-order chi connectivity index (χ1) is 10.1. The Labute approximate surface area is 131 Å². The molecule has 1 aromatic carbocycles. The summed E-state index contributed by atoms with van der Waals surface area (Å²) in [6.45, 7) is 10.6. The molecule has 1 rings (SSSR count). The molecule has 1 amide bonds. The van der Waals surface area contributed by atoms with E-state index in [-0.39, 0.29) is 5.82 Å². The molecule has 0 fully saturated rings. The number of carboxylic acid groups (broad SMARTS) is 1. The third-order valence-corrected chi connectivity index (χ3v) is 1.79. The van der Waals surface area contributed by atoms with Gasteiger partial charge in [-0.1, -0.05) is 31.5 Å². The number of aliphatic carboxylic acids is 1. The molecule has 0 heterocycles. The van der Waals surface area contributed by atoms with Gasteiger partial charge in [0, 0.05) is 0 Å². The van der Waals surface area contributed by atoms with Crippen LogP contribution in [0.1, 0.15) is 40.2 Å². The third-order valence-electron chi connectivity index (χ3n) is 1.79. The van der Waals surface area contributed by atoms with Crippen LogP contribution < -0.4 is 5.32 Å². The average Bonchev–Trinajstić information content (AvgIpc) is 2.41. The highest BCUT2D eigenvalue weighted by Crippen LogP contribution is 2.05. The van der Waals surface area contributed by atoms with E-state index in [1.165, 1.54) is 12.1 Å². The fourth-order valence-electron chi connectivity index (χ4n) is 0.995. The highest BCUT2D eigenvalue weighted by atomic mass is 19.1. The SMILES string of the molecule is CC.CC(C)(C)OC(=O)NCC(=O)O.Cc1ccc(F)cc1. The number of aryl methyl sites for hydroxylation is 1. The smallest absolute Gasteiger partial charge is 0.408 e. The van der Waals surface area contributed by atoms with E-state index in [1.54, 1.807) is 32.9 Å². The minimum atomic E-state index is -1.10. The summed E-state index contributed by atoms with van der Waals surface area (Å²) in [6, 6.07) is 6.40. The Morgan fingerprint density at radius 1 is 1.18 bits per heavy atom. The number of benzene rings is 1. The number of nitrogens with one attached hydrogen (secondary N) is 1. The molecule has 22 heavy (non-hydrogen) atoms. The number of hydrogen-bond donors (Lipinski definition) is 2. The number of carbonyl (C=O) groups is 2. The predicted octanol–water partition coefficient (Wildman–Crippen LogP) is 3.76. The van der Waals surface area contributed by atoms with Gasteiger partial charge >= 0.3 is 12.1 Å². The summed E-state index contributed by atoms with van der Waals surface area (Å²) in [6.07, 6.45) is -0.718. The number of carbonyl (C=O) groups excluding carboxylic acids is 1. The van der Waals surface area contributed by atoms with Crippen LogP contribution in [0.15, 0.2) is 24.3 Å². The molecule has 126 valence electrons. The van der Waals surface area contributed by atoms with Crippen LogP contribution in [0.4, 0.5) is 9.18 Å². The van der Waals surface area contributed by atoms with Gasteiger partial charge in [-0.25, -0.2) is 9.18 Å². The number of carboxylic acids is 1. The molecule has 0 aromatic heterocycles. The normalized spacial score (nSPS) is 9.41. The first kappa shape index (κ1) is 22.2. The van der Waals surface area contributed by atoms with Gasteiger partial charge in [0.1, 0.15) is 18.0 Å². The van der Waals surface area contributed by atoms with Crippen molar-refractivity contribution in [3.05, 3.63) is 35.6 Å². The number of alkyl carbamates (subject to hydrolysis) is 1. The minimum Gasteiger partial charge on any atom is -0.480 e. The van der Waals surface area contributed by atoms with E-state index in [0.717, 1.165) is 5.56 Å². The lowest BCUT2D eigenvalue weighted by Crippen LogP contribution is -2.35. The van der Waals surface area contributed by atoms with Crippen molar-refractivity contribution in [2.24, 2.45) is 0 Å². The second-order valence-electron chi connectivity index (χ2n) is 5.04. The molecule has 6 heteroatoms. The summed E-state index contributed by atoms with van der Waals surface area (Å²) in [5, 5.41) is 10.3. The maximum absolute atomic E-state index is 12.1. The van der Waals surface area contributed by atoms with Crippen molar-refractivity contribution >= 4 is 12.1 Å². The highest BCUT2D eigenvalue weighted by Gasteiger charge is 2.16. The Morgan fingerprint density at radius 3 is 1.95 bits per heavy atom. The molecule has 2 N–H and O–H groups in total. The lowest BCUT2D eigenvalue weighted by atomic mass is 10.2. The van der Waals surface area contributed by atoms with Crippen LogP contribution in [0, 0.1) is 12.7 Å². The number of rotatable bonds is 2. The second kappa shape index (κ2) is 11.5. The zero-order valence-electron chi connectivity index (χ0n) is 14.1. The van der Waals surface area contributed by atoms with Crippen molar-refractivity contribution in [3.8, 4) is 0 Å². The van der Waals surface area contributed by atoms with E-state index in [0.29, 0.717) is 0 Å². The van der Waals surface area contributed by atoms with Crippen molar-refractivity contribution in [2.45, 2.75) is 47.1 Å². The van der Waals surface area contributed by atoms with Gasteiger partial charge in [-0.2, -0.15) is 0 Å². The average molecular weight is 315 g/mol. The molecule has 0 unspecified atom stereocenters. The van der Waals surface area contributed by atoms with Crippen LogP contribution in [0.2, 0.25) is 0 Å². The number of halogens is 1.